The van der Waals surface area contributed by atoms with Gasteiger partial charge in [0.2, 0.25) is 0 Å². The molecule has 3 rings (SSSR count). The SMILES string of the molecule is CCc1cc2c(COC(=O)c3ccc(C)cc3)cc(=O)oc2cc1O. The van der Waals surface area contributed by atoms with E-state index in [-0.39, 0.29) is 17.9 Å². The zero-order valence-electron chi connectivity index (χ0n) is 14.0. The molecule has 25 heavy (non-hydrogen) atoms. The van der Waals surface area contributed by atoms with E-state index in [2.05, 4.69) is 0 Å². The summed E-state index contributed by atoms with van der Waals surface area (Å²) in [4.78, 5) is 23.9. The first-order valence-electron chi connectivity index (χ1n) is 8.00. The molecule has 0 saturated heterocycles. The van der Waals surface area contributed by atoms with E-state index < -0.39 is 11.6 Å². The summed E-state index contributed by atoms with van der Waals surface area (Å²) in [5, 5.41) is 10.6. The fourth-order valence-corrected chi connectivity index (χ4v) is 2.63. The third kappa shape index (κ3) is 3.55. The van der Waals surface area contributed by atoms with Gasteiger partial charge in [0.1, 0.15) is 17.9 Å². The predicted octanol–water partition coefficient (Wildman–Crippen LogP) is 3.73. The van der Waals surface area contributed by atoms with Crippen molar-refractivity contribution in [2.45, 2.75) is 26.9 Å². The van der Waals surface area contributed by atoms with E-state index in [0.717, 1.165) is 11.1 Å². The third-order valence-electron chi connectivity index (χ3n) is 4.06. The summed E-state index contributed by atoms with van der Waals surface area (Å²) in [5.41, 5.74) is 2.48. The first-order valence-corrected chi connectivity index (χ1v) is 8.00. The molecule has 0 spiro atoms. The summed E-state index contributed by atoms with van der Waals surface area (Å²) in [6, 6.07) is 11.5. The van der Waals surface area contributed by atoms with Crippen molar-refractivity contribution in [1.29, 1.82) is 0 Å². The number of carbonyl (C=O) groups is 1. The van der Waals surface area contributed by atoms with Crippen molar-refractivity contribution in [3.8, 4) is 5.75 Å². The van der Waals surface area contributed by atoms with Crippen molar-refractivity contribution in [2.75, 3.05) is 0 Å². The molecule has 0 atom stereocenters. The molecule has 0 aliphatic carbocycles. The molecule has 3 aromatic rings. The summed E-state index contributed by atoms with van der Waals surface area (Å²) >= 11 is 0. The molecule has 2 aromatic carbocycles. The Balaban J connectivity index is 1.91. The summed E-state index contributed by atoms with van der Waals surface area (Å²) < 4.78 is 10.5. The van der Waals surface area contributed by atoms with Crippen molar-refractivity contribution in [1.82, 2.24) is 0 Å². The number of benzene rings is 2. The molecule has 1 N–H and O–H groups in total. The lowest BCUT2D eigenvalue weighted by Crippen LogP contribution is -2.08. The molecular formula is C20H18O5. The summed E-state index contributed by atoms with van der Waals surface area (Å²) in [5.74, 6) is -0.386. The topological polar surface area (TPSA) is 76.7 Å². The smallest absolute Gasteiger partial charge is 0.338 e. The van der Waals surface area contributed by atoms with Crippen molar-refractivity contribution in [3.63, 3.8) is 0 Å². The highest BCUT2D eigenvalue weighted by molar-refractivity contribution is 5.89. The number of aryl methyl sites for hydroxylation is 2. The lowest BCUT2D eigenvalue weighted by atomic mass is 10.0. The van der Waals surface area contributed by atoms with Gasteiger partial charge in [-0.05, 0) is 37.1 Å². The van der Waals surface area contributed by atoms with Crippen LogP contribution in [0.3, 0.4) is 0 Å². The quantitative estimate of drug-likeness (QED) is 0.579. The molecule has 0 aliphatic rings. The van der Waals surface area contributed by atoms with Crippen LogP contribution in [0.5, 0.6) is 5.75 Å². The maximum Gasteiger partial charge on any atom is 0.338 e. The summed E-state index contributed by atoms with van der Waals surface area (Å²) in [6.45, 7) is 3.80. The number of phenolic OH excluding ortho intramolecular Hbond substituents is 1. The van der Waals surface area contributed by atoms with E-state index in [1.54, 1.807) is 18.2 Å². The van der Waals surface area contributed by atoms with Gasteiger partial charge in [-0.3, -0.25) is 0 Å². The molecule has 0 radical (unpaired) electrons. The van der Waals surface area contributed by atoms with Crippen LogP contribution in [0.2, 0.25) is 0 Å². The number of rotatable bonds is 4. The molecular weight excluding hydrogens is 320 g/mol. The molecule has 128 valence electrons. The minimum Gasteiger partial charge on any atom is -0.508 e. The van der Waals surface area contributed by atoms with Gasteiger partial charge in [0.05, 0.1) is 5.56 Å². The molecule has 0 fully saturated rings. The van der Waals surface area contributed by atoms with E-state index in [9.17, 15) is 14.7 Å². The van der Waals surface area contributed by atoms with Crippen molar-refractivity contribution < 1.29 is 19.1 Å². The highest BCUT2D eigenvalue weighted by atomic mass is 16.5. The minimum atomic E-state index is -0.558. The largest absolute Gasteiger partial charge is 0.508 e. The Labute approximate surface area is 144 Å². The number of esters is 1. The molecule has 1 aromatic heterocycles. The Hall–Kier alpha value is -3.08. The average molecular weight is 338 g/mol. The standard InChI is InChI=1S/C20H18O5/c1-3-13-8-16-15(9-19(22)25-18(16)10-17(13)21)11-24-20(23)14-6-4-12(2)5-7-14/h4-10,21H,3,11H2,1-2H3. The highest BCUT2D eigenvalue weighted by Crippen LogP contribution is 2.27. The van der Waals surface area contributed by atoms with Crippen LogP contribution in [0.25, 0.3) is 11.0 Å². The second-order valence-corrected chi connectivity index (χ2v) is 5.86. The van der Waals surface area contributed by atoms with Gasteiger partial charge in [0, 0.05) is 23.1 Å². The van der Waals surface area contributed by atoms with Gasteiger partial charge < -0.3 is 14.3 Å². The van der Waals surface area contributed by atoms with Gasteiger partial charge >= 0.3 is 11.6 Å². The minimum absolute atomic E-state index is 0.0528. The Morgan fingerprint density at radius 2 is 1.84 bits per heavy atom. The number of aromatic hydroxyl groups is 1. The molecule has 5 heteroatoms. The number of hydrogen-bond acceptors (Lipinski definition) is 5. The number of fused-ring (bicyclic) bond motifs is 1. The molecule has 1 heterocycles. The van der Waals surface area contributed by atoms with Crippen molar-refractivity contribution in [2.24, 2.45) is 0 Å². The maximum atomic E-state index is 12.2. The lowest BCUT2D eigenvalue weighted by Gasteiger charge is -2.09. The number of ether oxygens (including phenoxy) is 1. The van der Waals surface area contributed by atoms with E-state index in [1.165, 1.54) is 12.1 Å². The normalized spacial score (nSPS) is 10.8. The molecule has 0 amide bonds. The number of carbonyl (C=O) groups excluding carboxylic acids is 1. The highest BCUT2D eigenvalue weighted by Gasteiger charge is 2.13. The van der Waals surface area contributed by atoms with E-state index >= 15 is 0 Å². The van der Waals surface area contributed by atoms with E-state index in [1.807, 2.05) is 26.0 Å². The average Bonchev–Trinajstić information content (AvgIpc) is 2.59. The van der Waals surface area contributed by atoms with Crippen LogP contribution in [0.4, 0.5) is 0 Å². The van der Waals surface area contributed by atoms with Gasteiger partial charge in [-0.15, -0.1) is 0 Å². The van der Waals surface area contributed by atoms with Crippen LogP contribution in [0, 0.1) is 6.92 Å². The monoisotopic (exact) mass is 338 g/mol. The Kier molecular flexibility index (Phi) is 4.57. The second-order valence-electron chi connectivity index (χ2n) is 5.86. The second kappa shape index (κ2) is 6.81. The zero-order valence-corrected chi connectivity index (χ0v) is 14.0. The van der Waals surface area contributed by atoms with Gasteiger partial charge in [0.15, 0.2) is 0 Å². The third-order valence-corrected chi connectivity index (χ3v) is 4.06. The summed E-state index contributed by atoms with van der Waals surface area (Å²) in [7, 11) is 0. The van der Waals surface area contributed by atoms with Crippen LogP contribution in [-0.4, -0.2) is 11.1 Å². The Bertz CT molecular complexity index is 983. The maximum absolute atomic E-state index is 12.2. The van der Waals surface area contributed by atoms with Gasteiger partial charge in [-0.1, -0.05) is 24.6 Å². The molecule has 5 nitrogen and oxygen atoms in total. The molecule has 0 saturated carbocycles. The Morgan fingerprint density at radius 3 is 2.52 bits per heavy atom. The molecule has 0 aliphatic heterocycles. The predicted molar refractivity (Wildman–Crippen MR) is 93.8 cm³/mol. The zero-order chi connectivity index (χ0) is 18.0. The molecule has 0 bridgehead atoms. The van der Waals surface area contributed by atoms with Crippen LogP contribution < -0.4 is 5.63 Å². The van der Waals surface area contributed by atoms with Crippen molar-refractivity contribution >= 4 is 16.9 Å². The van der Waals surface area contributed by atoms with Crippen LogP contribution >= 0.6 is 0 Å². The van der Waals surface area contributed by atoms with E-state index in [0.29, 0.717) is 22.9 Å². The van der Waals surface area contributed by atoms with Crippen LogP contribution in [-0.2, 0) is 17.8 Å². The lowest BCUT2D eigenvalue weighted by molar-refractivity contribution is 0.0474. The fraction of sp³-hybridized carbons (Fsp3) is 0.200. The molecule has 0 unspecified atom stereocenters. The van der Waals surface area contributed by atoms with Crippen LogP contribution in [0.1, 0.15) is 34.0 Å². The van der Waals surface area contributed by atoms with Gasteiger partial charge in [0.25, 0.3) is 0 Å². The fourth-order valence-electron chi connectivity index (χ4n) is 2.63. The number of phenols is 1. The van der Waals surface area contributed by atoms with E-state index in [4.69, 9.17) is 9.15 Å². The van der Waals surface area contributed by atoms with Crippen molar-refractivity contribution in [3.05, 3.63) is 75.1 Å². The van der Waals surface area contributed by atoms with Gasteiger partial charge in [-0.25, -0.2) is 9.59 Å². The first-order chi connectivity index (χ1) is 12.0. The number of hydrogen-bond donors (Lipinski definition) is 1. The first kappa shape index (κ1) is 16.8. The Morgan fingerprint density at radius 1 is 1.12 bits per heavy atom. The van der Waals surface area contributed by atoms with Crippen LogP contribution in [0.15, 0.2) is 51.7 Å². The van der Waals surface area contributed by atoms with Gasteiger partial charge in [-0.2, -0.15) is 0 Å². The summed E-state index contributed by atoms with van der Waals surface area (Å²) in [6.07, 6.45) is 0.628.